The van der Waals surface area contributed by atoms with Crippen LogP contribution in [0.4, 0.5) is 5.95 Å². The standard InChI is InChI=1S/C11H15N5O5.H4NO2P/c1-15-9(20)5-8(14-11(15)12)16(3-13-5)10-7(19)6(18)4(2-17)21-10;1-4(2)3/h3-4,6-7,10,17-19H,2H2,1H3,(H2,12,14);2-3H,1H2/t4-,6-,7-,10-;/m1./s1. The molecule has 1 aliphatic rings. The van der Waals surface area contributed by atoms with Gasteiger partial charge in [-0.3, -0.25) is 19.4 Å². The van der Waals surface area contributed by atoms with Crippen LogP contribution in [-0.2, 0) is 11.8 Å². The Morgan fingerprint density at radius 2 is 1.96 bits per heavy atom. The van der Waals surface area contributed by atoms with Gasteiger partial charge in [0, 0.05) is 7.05 Å². The number of anilines is 1. The maximum absolute atomic E-state index is 12.0. The van der Waals surface area contributed by atoms with Gasteiger partial charge in [-0.1, -0.05) is 0 Å². The average Bonchev–Trinajstić information content (AvgIpc) is 3.07. The highest BCUT2D eigenvalue weighted by Gasteiger charge is 2.44. The monoisotopic (exact) mass is 378 g/mol. The van der Waals surface area contributed by atoms with Gasteiger partial charge >= 0.3 is 0 Å². The maximum atomic E-state index is 12.0. The average molecular weight is 378 g/mol. The highest BCUT2D eigenvalue weighted by molar-refractivity contribution is 7.42. The van der Waals surface area contributed by atoms with Crippen molar-refractivity contribution >= 4 is 25.6 Å². The van der Waals surface area contributed by atoms with Gasteiger partial charge in [-0.25, -0.2) is 4.98 Å². The predicted molar refractivity (Wildman–Crippen MR) is 85.7 cm³/mol. The van der Waals surface area contributed by atoms with Crippen molar-refractivity contribution < 1.29 is 29.8 Å². The Bertz CT molecular complexity index is 792. The third-order valence-corrected chi connectivity index (χ3v) is 3.63. The van der Waals surface area contributed by atoms with Crippen molar-refractivity contribution in [1.82, 2.24) is 19.1 Å². The van der Waals surface area contributed by atoms with E-state index in [1.807, 2.05) is 0 Å². The van der Waals surface area contributed by atoms with Crippen molar-refractivity contribution in [3.05, 3.63) is 16.7 Å². The first-order valence-corrected chi connectivity index (χ1v) is 8.24. The molecule has 0 amide bonds. The van der Waals surface area contributed by atoms with Crippen molar-refractivity contribution in [2.45, 2.75) is 24.5 Å². The van der Waals surface area contributed by atoms with Gasteiger partial charge in [0.2, 0.25) is 14.5 Å². The lowest BCUT2D eigenvalue weighted by molar-refractivity contribution is -0.0511. The fourth-order valence-corrected chi connectivity index (χ4v) is 2.36. The van der Waals surface area contributed by atoms with E-state index in [0.29, 0.717) is 0 Å². The van der Waals surface area contributed by atoms with E-state index in [-0.39, 0.29) is 17.1 Å². The molecule has 0 bridgehead atoms. The lowest BCUT2D eigenvalue weighted by Gasteiger charge is -2.16. The zero-order valence-electron chi connectivity index (χ0n) is 13.0. The lowest BCUT2D eigenvalue weighted by Crippen LogP contribution is -2.33. The van der Waals surface area contributed by atoms with E-state index in [4.69, 9.17) is 25.4 Å². The first-order chi connectivity index (χ1) is 11.7. The molecule has 3 rings (SSSR count). The van der Waals surface area contributed by atoms with Crippen LogP contribution in [0, 0.1) is 0 Å². The molecule has 0 aliphatic carbocycles. The highest BCUT2D eigenvalue weighted by atomic mass is 31.2. The van der Waals surface area contributed by atoms with Crippen molar-refractivity contribution in [2.24, 2.45) is 12.6 Å². The molecule has 25 heavy (non-hydrogen) atoms. The minimum absolute atomic E-state index is 0.0130. The van der Waals surface area contributed by atoms with Crippen molar-refractivity contribution in [1.29, 1.82) is 0 Å². The summed E-state index contributed by atoms with van der Waals surface area (Å²) in [6.07, 6.45) is -3.20. The first kappa shape index (κ1) is 19.6. The number of hydrogen-bond acceptors (Lipinski definition) is 11. The molecule has 0 saturated carbocycles. The normalized spacial score (nSPS) is 26.1. The zero-order chi connectivity index (χ0) is 18.9. The SMILES string of the molecule is Cn1c(N)nc2c(ncn2[C@@H]2O[C@H](CO)[C@@H](O)[C@H]2O)c1=O.NP(O)O. The molecule has 1 aliphatic heterocycles. The molecule has 0 spiro atoms. The number of nitrogens with zero attached hydrogens (tertiary/aromatic N) is 4. The number of aliphatic hydroxyl groups is 3. The van der Waals surface area contributed by atoms with Crippen LogP contribution in [0.1, 0.15) is 6.23 Å². The van der Waals surface area contributed by atoms with Gasteiger partial charge in [-0.05, 0) is 0 Å². The fraction of sp³-hybridized carbons (Fsp3) is 0.545. The Morgan fingerprint density at radius 3 is 2.48 bits per heavy atom. The summed E-state index contributed by atoms with van der Waals surface area (Å²) in [5, 5.41) is 28.9. The van der Waals surface area contributed by atoms with Crippen molar-refractivity contribution in [3.8, 4) is 0 Å². The molecule has 3 heterocycles. The zero-order valence-corrected chi connectivity index (χ0v) is 13.9. The molecular formula is C11H19N6O7P. The Hall–Kier alpha value is -1.70. The molecule has 1 saturated heterocycles. The van der Waals surface area contributed by atoms with E-state index in [2.05, 4.69) is 15.5 Å². The van der Waals surface area contributed by atoms with Gasteiger partial charge in [-0.2, -0.15) is 4.98 Å². The molecule has 14 heteroatoms. The summed E-state index contributed by atoms with van der Waals surface area (Å²) in [5.74, 6) is -0.0130. The van der Waals surface area contributed by atoms with Gasteiger partial charge in [0.1, 0.15) is 18.3 Å². The van der Waals surface area contributed by atoms with Crippen LogP contribution in [0.15, 0.2) is 11.1 Å². The number of ether oxygens (including phenoxy) is 1. The summed E-state index contributed by atoms with van der Waals surface area (Å²) in [5.41, 5.74) is 9.72. The molecule has 1 fully saturated rings. The number of aliphatic hydroxyl groups excluding tert-OH is 3. The molecule has 9 N–H and O–H groups in total. The molecule has 2 aromatic heterocycles. The summed E-state index contributed by atoms with van der Waals surface area (Å²) < 4.78 is 7.85. The van der Waals surface area contributed by atoms with Crippen LogP contribution in [0.3, 0.4) is 0 Å². The van der Waals surface area contributed by atoms with Crippen LogP contribution in [0.5, 0.6) is 0 Å². The molecule has 4 atom stereocenters. The Labute approximate surface area is 141 Å². The molecule has 2 aromatic rings. The highest BCUT2D eigenvalue weighted by Crippen LogP contribution is 2.30. The van der Waals surface area contributed by atoms with Crippen LogP contribution in [0.2, 0.25) is 0 Å². The summed E-state index contributed by atoms with van der Waals surface area (Å²) in [7, 11) is -0.653. The minimum Gasteiger partial charge on any atom is -0.394 e. The number of nitrogens with two attached hydrogens (primary N) is 2. The summed E-state index contributed by atoms with van der Waals surface area (Å²) in [6, 6.07) is 0. The fourth-order valence-electron chi connectivity index (χ4n) is 2.36. The Morgan fingerprint density at radius 1 is 1.36 bits per heavy atom. The molecular weight excluding hydrogens is 359 g/mol. The molecule has 140 valence electrons. The maximum Gasteiger partial charge on any atom is 0.282 e. The van der Waals surface area contributed by atoms with Crippen LogP contribution in [0.25, 0.3) is 11.2 Å². The summed E-state index contributed by atoms with van der Waals surface area (Å²) in [6.45, 7) is -0.446. The lowest BCUT2D eigenvalue weighted by atomic mass is 10.1. The van der Waals surface area contributed by atoms with E-state index < -0.39 is 45.2 Å². The molecule has 0 aromatic carbocycles. The third-order valence-electron chi connectivity index (χ3n) is 3.63. The molecule has 13 nitrogen and oxygen atoms in total. The second-order valence-electron chi connectivity index (χ2n) is 5.21. The van der Waals surface area contributed by atoms with E-state index in [9.17, 15) is 15.0 Å². The number of hydrogen-bond donors (Lipinski definition) is 7. The van der Waals surface area contributed by atoms with Gasteiger partial charge in [0.25, 0.3) is 5.56 Å². The van der Waals surface area contributed by atoms with Crippen LogP contribution in [-0.4, -0.2) is 69.1 Å². The van der Waals surface area contributed by atoms with Crippen molar-refractivity contribution in [3.63, 3.8) is 0 Å². The van der Waals surface area contributed by atoms with Crippen molar-refractivity contribution in [2.75, 3.05) is 12.3 Å². The smallest absolute Gasteiger partial charge is 0.282 e. The number of fused-ring (bicyclic) bond motifs is 1. The minimum atomic E-state index is -2.12. The predicted octanol–water partition coefficient (Wildman–Crippen LogP) is -3.52. The van der Waals surface area contributed by atoms with Gasteiger partial charge in [-0.15, -0.1) is 0 Å². The Balaban J connectivity index is 0.000000511. The van der Waals surface area contributed by atoms with Gasteiger partial charge in [0.15, 0.2) is 17.4 Å². The summed E-state index contributed by atoms with van der Waals surface area (Å²) >= 11 is 0. The number of rotatable bonds is 2. The van der Waals surface area contributed by atoms with Gasteiger partial charge < -0.3 is 35.6 Å². The second kappa shape index (κ2) is 7.68. The largest absolute Gasteiger partial charge is 0.394 e. The Kier molecular flexibility index (Phi) is 6.03. The number of aromatic nitrogens is 4. The number of nitrogen functional groups attached to an aromatic ring is 1. The van der Waals surface area contributed by atoms with E-state index in [1.54, 1.807) is 0 Å². The summed E-state index contributed by atoms with van der Waals surface area (Å²) in [4.78, 5) is 34.9. The van der Waals surface area contributed by atoms with E-state index in [0.717, 1.165) is 4.57 Å². The topological polar surface area (TPSA) is 215 Å². The first-order valence-electron chi connectivity index (χ1n) is 6.93. The molecule has 0 unspecified atom stereocenters. The molecule has 0 radical (unpaired) electrons. The van der Waals surface area contributed by atoms with Gasteiger partial charge in [0.05, 0.1) is 12.9 Å². The third kappa shape index (κ3) is 3.78. The van der Waals surface area contributed by atoms with Crippen LogP contribution < -0.4 is 16.8 Å². The number of imidazole rings is 1. The second-order valence-corrected chi connectivity index (χ2v) is 5.85. The quantitative estimate of drug-likeness (QED) is 0.254. The van der Waals surface area contributed by atoms with Crippen LogP contribution >= 0.6 is 8.53 Å². The van der Waals surface area contributed by atoms with E-state index >= 15 is 0 Å². The van der Waals surface area contributed by atoms with E-state index in [1.165, 1.54) is 17.9 Å².